The fourth-order valence-corrected chi connectivity index (χ4v) is 11.6. The predicted molar refractivity (Wildman–Crippen MR) is 303 cm³/mol. The summed E-state index contributed by atoms with van der Waals surface area (Å²) in [6.07, 6.45) is 29.8. The molecular formula is C59H91F3N2O11P2. The molecule has 77 heavy (non-hydrogen) atoms. The molecule has 2 aromatic carbocycles. The van der Waals surface area contributed by atoms with Gasteiger partial charge >= 0.3 is 33.3 Å². The van der Waals surface area contributed by atoms with Crippen LogP contribution in [0.2, 0.25) is 0 Å². The molecule has 3 rings (SSSR count). The summed E-state index contributed by atoms with van der Waals surface area (Å²) in [5.74, 6) is -2.07. The number of aromatic nitrogens is 1. The Morgan fingerprint density at radius 3 is 1.45 bits per heavy atom. The number of hydrogen-bond donors (Lipinski definition) is 5. The first kappa shape index (κ1) is 67.2. The zero-order chi connectivity index (χ0) is 56.7. The Labute approximate surface area is 456 Å². The van der Waals surface area contributed by atoms with Crippen molar-refractivity contribution in [2.45, 2.75) is 244 Å². The highest BCUT2D eigenvalue weighted by Gasteiger charge is 2.56. The van der Waals surface area contributed by atoms with Gasteiger partial charge in [-0.1, -0.05) is 141 Å². The molecule has 0 bridgehead atoms. The molecular weight excluding hydrogens is 1030 g/mol. The second-order valence-corrected chi connectivity index (χ2v) is 25.2. The van der Waals surface area contributed by atoms with E-state index in [1.54, 1.807) is 23.6 Å². The highest BCUT2D eigenvalue weighted by atomic mass is 31.2. The van der Waals surface area contributed by atoms with E-state index < -0.39 is 63.4 Å². The van der Waals surface area contributed by atoms with Crippen LogP contribution >= 0.6 is 15.2 Å². The maximum Gasteiger partial charge on any atom is 0.393 e. The Balaban J connectivity index is 1.76. The summed E-state index contributed by atoms with van der Waals surface area (Å²) >= 11 is 0. The Morgan fingerprint density at radius 2 is 1.03 bits per heavy atom. The van der Waals surface area contributed by atoms with Crippen LogP contribution in [0.3, 0.4) is 0 Å². The van der Waals surface area contributed by atoms with Crippen molar-refractivity contribution in [1.82, 2.24) is 4.57 Å². The van der Waals surface area contributed by atoms with Gasteiger partial charge < -0.3 is 38.9 Å². The topological polar surface area (TPSA) is 202 Å². The van der Waals surface area contributed by atoms with Crippen LogP contribution < -0.4 is 14.8 Å². The van der Waals surface area contributed by atoms with Crippen LogP contribution in [-0.4, -0.2) is 53.1 Å². The Hall–Kier alpha value is -4.04. The minimum atomic E-state index is -5.48. The Morgan fingerprint density at radius 1 is 0.597 bits per heavy atom. The van der Waals surface area contributed by atoms with Crippen molar-refractivity contribution in [3.63, 3.8) is 0 Å². The number of ether oxygens (including phenoxy) is 2. The van der Waals surface area contributed by atoms with Gasteiger partial charge in [0.05, 0.1) is 23.3 Å². The zero-order valence-corrected chi connectivity index (χ0v) is 48.3. The Kier molecular flexibility index (Phi) is 31.0. The molecule has 5 N–H and O–H groups in total. The number of carbonyl (C=O) groups is 3. The number of esters is 2. The molecule has 13 nitrogen and oxygen atoms in total. The van der Waals surface area contributed by atoms with Gasteiger partial charge in [0.15, 0.2) is 10.6 Å². The summed E-state index contributed by atoms with van der Waals surface area (Å²) in [5, 5.41) is 2.53. The molecule has 0 saturated carbocycles. The summed E-state index contributed by atoms with van der Waals surface area (Å²) in [6.45, 7) is 7.00. The molecule has 0 radical (unpaired) electrons. The number of benzene rings is 2. The number of unbranched alkanes of at least 4 members (excludes halogenated alkanes) is 22. The lowest BCUT2D eigenvalue weighted by Crippen LogP contribution is -2.27. The van der Waals surface area contributed by atoms with Crippen LogP contribution in [0.15, 0.2) is 60.7 Å². The zero-order valence-electron chi connectivity index (χ0n) is 46.5. The monoisotopic (exact) mass is 1120 g/mol. The molecule has 3 aromatic rings. The van der Waals surface area contributed by atoms with E-state index >= 15 is 0 Å². The second-order valence-electron chi connectivity index (χ2n) is 20.7. The third kappa shape index (κ3) is 24.9. The fourth-order valence-electron chi connectivity index (χ4n) is 9.41. The molecule has 1 heterocycles. The molecule has 0 saturated heterocycles. The van der Waals surface area contributed by atoms with Crippen LogP contribution in [0.4, 0.5) is 18.9 Å². The number of aryl methyl sites for hydroxylation is 1. The maximum absolute atomic E-state index is 14.5. The SMILES string of the molecule is CCCCCCCC/C=C\CCCCCCCC(=O)Oc1ccc(-c2c(CC(F)(F)F)c3cc(NC(=O)CCC(C)(P(=O)(O)O)P(=O)(O)O)c(OC(=O)CCCCCCC/C=C\CCCCCCCC)cc3n2CC)cc1. The molecule has 0 atom stereocenters. The van der Waals surface area contributed by atoms with E-state index in [4.69, 9.17) is 9.47 Å². The molecule has 1 aromatic heterocycles. The van der Waals surface area contributed by atoms with Gasteiger partial charge in [-0.05, 0) is 126 Å². The van der Waals surface area contributed by atoms with Gasteiger partial charge in [0.2, 0.25) is 5.91 Å². The first-order valence-electron chi connectivity index (χ1n) is 28.6. The molecule has 18 heteroatoms. The summed E-state index contributed by atoms with van der Waals surface area (Å²) in [4.78, 5) is 76.3. The predicted octanol–water partition coefficient (Wildman–Crippen LogP) is 17.1. The van der Waals surface area contributed by atoms with Crippen molar-refractivity contribution >= 4 is 49.6 Å². The molecule has 1 amide bonds. The number of alkyl halides is 3. The summed E-state index contributed by atoms with van der Waals surface area (Å²) in [6, 6.07) is 8.74. The minimum absolute atomic E-state index is 0.000273. The molecule has 0 fully saturated rings. The number of carbonyl (C=O) groups excluding carboxylic acids is 3. The lowest BCUT2D eigenvalue weighted by atomic mass is 10.0. The van der Waals surface area contributed by atoms with E-state index in [2.05, 4.69) is 43.5 Å². The third-order valence-electron chi connectivity index (χ3n) is 14.2. The van der Waals surface area contributed by atoms with Crippen LogP contribution in [0.1, 0.15) is 226 Å². The van der Waals surface area contributed by atoms with Crippen LogP contribution in [0, 0.1) is 0 Å². The van der Waals surface area contributed by atoms with Gasteiger partial charge in [0.1, 0.15) is 5.75 Å². The van der Waals surface area contributed by atoms with Gasteiger partial charge in [0.25, 0.3) is 0 Å². The van der Waals surface area contributed by atoms with Gasteiger partial charge in [-0.3, -0.25) is 23.5 Å². The molecule has 434 valence electrons. The largest absolute Gasteiger partial charge is 0.427 e. The lowest BCUT2D eigenvalue weighted by Gasteiger charge is -2.30. The fraction of sp³-hybridized carbons (Fsp3) is 0.644. The van der Waals surface area contributed by atoms with Crippen molar-refractivity contribution in [1.29, 1.82) is 0 Å². The van der Waals surface area contributed by atoms with Gasteiger partial charge in [-0.2, -0.15) is 13.2 Å². The normalized spacial score (nSPS) is 12.6. The average Bonchev–Trinajstić information content (AvgIpc) is 3.65. The number of rotatable bonds is 41. The van der Waals surface area contributed by atoms with Gasteiger partial charge in [-0.25, -0.2) is 0 Å². The highest BCUT2D eigenvalue weighted by Crippen LogP contribution is 2.70. The lowest BCUT2D eigenvalue weighted by molar-refractivity contribution is -0.135. The van der Waals surface area contributed by atoms with Crippen molar-refractivity contribution in [2.24, 2.45) is 0 Å². The highest BCUT2D eigenvalue weighted by molar-refractivity contribution is 7.72. The molecule has 0 aliphatic carbocycles. The number of fused-ring (bicyclic) bond motifs is 1. The standard InChI is InChI=1S/C59H91F3N2O11P2/c1-5-8-10-12-14-16-18-20-22-24-26-28-30-32-34-36-55(66)74-48-40-38-47(39-41-48)57-50(46-59(60,61)62)49-44-51(63-54(65)42-43-58(4,76(68,69)70)77(71,72)73)53(45-52(49)64(57)7-3)75-56(67)37-35-33-31-29-27-25-23-21-19-17-15-13-11-9-6-2/h20-23,38-41,44-45H,5-19,24-37,42-43,46H2,1-4H3,(H,63,65)(H2,68,69,70)(H2,71,72,73)/b22-20-,23-21-. The molecule has 0 aliphatic rings. The van der Waals surface area contributed by atoms with E-state index in [1.165, 1.54) is 101 Å². The van der Waals surface area contributed by atoms with Crippen LogP contribution in [0.25, 0.3) is 22.2 Å². The van der Waals surface area contributed by atoms with E-state index in [0.717, 1.165) is 77.0 Å². The quantitative estimate of drug-likeness (QED) is 0.0119. The van der Waals surface area contributed by atoms with Crippen molar-refractivity contribution in [2.75, 3.05) is 5.32 Å². The van der Waals surface area contributed by atoms with Crippen LogP contribution in [-0.2, 0) is 36.5 Å². The van der Waals surface area contributed by atoms with E-state index in [1.807, 2.05) is 0 Å². The number of anilines is 1. The number of nitrogens with zero attached hydrogens (tertiary/aromatic N) is 1. The summed E-state index contributed by atoms with van der Waals surface area (Å²) in [5.41, 5.74) is 0.391. The third-order valence-corrected chi connectivity index (χ3v) is 18.7. The first-order valence-corrected chi connectivity index (χ1v) is 31.9. The van der Waals surface area contributed by atoms with E-state index in [-0.39, 0.29) is 58.7 Å². The van der Waals surface area contributed by atoms with E-state index in [0.29, 0.717) is 25.3 Å². The number of amides is 1. The van der Waals surface area contributed by atoms with Gasteiger partial charge in [0, 0.05) is 37.3 Å². The molecule has 0 unspecified atom stereocenters. The average molecular weight is 1120 g/mol. The van der Waals surface area contributed by atoms with Gasteiger partial charge in [-0.15, -0.1) is 0 Å². The number of allylic oxidation sites excluding steroid dienone is 4. The molecule has 0 spiro atoms. The smallest absolute Gasteiger partial charge is 0.393 e. The first-order chi connectivity index (χ1) is 36.7. The minimum Gasteiger partial charge on any atom is -0.427 e. The van der Waals surface area contributed by atoms with Crippen LogP contribution in [0.5, 0.6) is 11.5 Å². The van der Waals surface area contributed by atoms with E-state index in [9.17, 15) is 56.3 Å². The van der Waals surface area contributed by atoms with Crippen molar-refractivity contribution in [3.05, 3.63) is 66.3 Å². The summed E-state index contributed by atoms with van der Waals surface area (Å²) in [7, 11) is -11.0. The second kappa shape index (κ2) is 35.5. The number of nitrogens with one attached hydrogen (secondary N) is 1. The number of hydrogen-bond acceptors (Lipinski definition) is 7. The maximum atomic E-state index is 14.5. The Bertz CT molecular complexity index is 2370. The van der Waals surface area contributed by atoms with Crippen molar-refractivity contribution in [3.8, 4) is 22.8 Å². The summed E-state index contributed by atoms with van der Waals surface area (Å²) < 4.78 is 81.2. The van der Waals surface area contributed by atoms with Crippen molar-refractivity contribution < 1.29 is 65.7 Å². The number of halogens is 3. The molecule has 0 aliphatic heterocycles.